The van der Waals surface area contributed by atoms with Crippen LogP contribution in [-0.4, -0.2) is 6.61 Å². The average Bonchev–Trinajstić information content (AvgIpc) is 2.86. The van der Waals surface area contributed by atoms with Gasteiger partial charge in [0.2, 0.25) is 0 Å². The van der Waals surface area contributed by atoms with E-state index in [-0.39, 0.29) is 17.2 Å². The molecule has 1 aliphatic heterocycles. The number of ether oxygens (including phenoxy) is 1. The lowest BCUT2D eigenvalue weighted by molar-refractivity contribution is 0.286. The smallest absolute Gasteiger partial charge is 0.137 e. The van der Waals surface area contributed by atoms with Gasteiger partial charge in [-0.3, -0.25) is 0 Å². The van der Waals surface area contributed by atoms with E-state index in [2.05, 4.69) is 66.2 Å². The Morgan fingerprint density at radius 3 is 2.59 bits per heavy atom. The molecule has 0 radical (unpaired) electrons. The summed E-state index contributed by atoms with van der Waals surface area (Å²) in [4.78, 5) is 0. The Morgan fingerprint density at radius 1 is 1.03 bits per heavy atom. The van der Waals surface area contributed by atoms with Gasteiger partial charge >= 0.3 is 0 Å². The molecule has 0 bridgehead atoms. The Kier molecular flexibility index (Phi) is 6.48. The van der Waals surface area contributed by atoms with Gasteiger partial charge in [-0.2, -0.15) is 0 Å². The minimum absolute atomic E-state index is 0.199. The zero-order valence-corrected chi connectivity index (χ0v) is 21.4. The number of allylic oxidation sites excluding steroid dienone is 4. The van der Waals surface area contributed by atoms with Crippen LogP contribution in [0.5, 0.6) is 0 Å². The van der Waals surface area contributed by atoms with E-state index in [0.29, 0.717) is 4.47 Å². The molecule has 2 aliphatic carbocycles. The molecule has 1 nitrogen and oxygen atoms in total. The van der Waals surface area contributed by atoms with E-state index in [1.165, 1.54) is 46.7 Å². The molecule has 1 atom stereocenters. The maximum absolute atomic E-state index is 14.0. The molecule has 3 aromatic rings. The first-order chi connectivity index (χ1) is 16.5. The van der Waals surface area contributed by atoms with Crippen LogP contribution in [0.2, 0.25) is 0 Å². The van der Waals surface area contributed by atoms with Crippen molar-refractivity contribution in [2.75, 3.05) is 6.61 Å². The third-order valence-electron chi connectivity index (χ3n) is 7.42. The molecule has 3 aromatic carbocycles. The van der Waals surface area contributed by atoms with Crippen molar-refractivity contribution < 1.29 is 9.13 Å². The lowest BCUT2D eigenvalue weighted by Gasteiger charge is -2.42. The number of halogens is 2. The molecular formula is C31H30BrFO. The molecule has 3 heteroatoms. The highest BCUT2D eigenvalue weighted by Crippen LogP contribution is 2.54. The van der Waals surface area contributed by atoms with E-state index in [0.717, 1.165) is 13.0 Å². The van der Waals surface area contributed by atoms with Crippen molar-refractivity contribution >= 4 is 32.3 Å². The summed E-state index contributed by atoms with van der Waals surface area (Å²) in [6.07, 6.45) is 12.2. The molecule has 0 saturated carbocycles. The van der Waals surface area contributed by atoms with Crippen LogP contribution in [-0.2, 0) is 4.74 Å². The van der Waals surface area contributed by atoms with Gasteiger partial charge in [-0.1, -0.05) is 68.0 Å². The van der Waals surface area contributed by atoms with Crippen LogP contribution < -0.4 is 0 Å². The standard InChI is InChI=1S/C26H24BrF.C5H6O/c1-26(2)13-5-8-19-20-11-9-16-6-3-4-7-18(16)25(20)21(15-22(19)26)17-10-12-24(28)23(27)14-17;1-2-4-6-5-3-1/h3-4,6-7,9-12,14,21H,5,8,13,15H2,1-2H3;1-4H,5H2. The van der Waals surface area contributed by atoms with Crippen LogP contribution in [0.3, 0.4) is 0 Å². The maximum atomic E-state index is 14.0. The Bertz CT molecular complexity index is 1300. The average molecular weight is 517 g/mol. The van der Waals surface area contributed by atoms with E-state index in [1.807, 2.05) is 30.4 Å². The monoisotopic (exact) mass is 516 g/mol. The van der Waals surface area contributed by atoms with Crippen LogP contribution in [0.25, 0.3) is 16.3 Å². The summed E-state index contributed by atoms with van der Waals surface area (Å²) in [6, 6.07) is 18.8. The molecule has 34 heavy (non-hydrogen) atoms. The fourth-order valence-electron chi connectivity index (χ4n) is 5.71. The largest absolute Gasteiger partial charge is 0.497 e. The van der Waals surface area contributed by atoms with Crippen molar-refractivity contribution in [2.45, 2.75) is 45.4 Å². The van der Waals surface area contributed by atoms with Crippen LogP contribution in [0, 0.1) is 11.2 Å². The molecule has 6 rings (SSSR count). The predicted molar refractivity (Wildman–Crippen MR) is 143 cm³/mol. The fraction of sp³-hybridized carbons (Fsp3) is 0.290. The number of fused-ring (bicyclic) bond motifs is 4. The molecule has 3 aliphatic rings. The number of hydrogen-bond acceptors (Lipinski definition) is 1. The summed E-state index contributed by atoms with van der Waals surface area (Å²) in [6.45, 7) is 5.52. The van der Waals surface area contributed by atoms with Crippen molar-refractivity contribution in [3.8, 4) is 0 Å². The van der Waals surface area contributed by atoms with Crippen molar-refractivity contribution in [2.24, 2.45) is 5.41 Å². The van der Waals surface area contributed by atoms with Crippen molar-refractivity contribution in [3.63, 3.8) is 0 Å². The third kappa shape index (κ3) is 4.38. The summed E-state index contributed by atoms with van der Waals surface area (Å²) < 4.78 is 19.3. The predicted octanol–water partition coefficient (Wildman–Crippen LogP) is 9.33. The highest BCUT2D eigenvalue weighted by atomic mass is 79.9. The second kappa shape index (κ2) is 9.54. The highest BCUT2D eigenvalue weighted by molar-refractivity contribution is 9.10. The van der Waals surface area contributed by atoms with Gasteiger partial charge in [0, 0.05) is 5.92 Å². The second-order valence-electron chi connectivity index (χ2n) is 9.96. The molecule has 0 saturated heterocycles. The molecule has 174 valence electrons. The first kappa shape index (κ1) is 23.1. The van der Waals surface area contributed by atoms with E-state index < -0.39 is 0 Å². The molecule has 0 fully saturated rings. The summed E-state index contributed by atoms with van der Waals surface area (Å²) >= 11 is 3.41. The van der Waals surface area contributed by atoms with Gasteiger partial charge in [0.05, 0.1) is 10.7 Å². The van der Waals surface area contributed by atoms with E-state index in [4.69, 9.17) is 4.74 Å². The third-order valence-corrected chi connectivity index (χ3v) is 8.03. The topological polar surface area (TPSA) is 9.23 Å². The minimum atomic E-state index is -0.199. The lowest BCUT2D eigenvalue weighted by Crippen LogP contribution is -2.26. The van der Waals surface area contributed by atoms with E-state index >= 15 is 0 Å². The first-order valence-electron chi connectivity index (χ1n) is 12.1. The van der Waals surface area contributed by atoms with Crippen LogP contribution in [0.4, 0.5) is 4.39 Å². The molecule has 1 unspecified atom stereocenters. The molecular weight excluding hydrogens is 487 g/mol. The van der Waals surface area contributed by atoms with E-state index in [1.54, 1.807) is 23.5 Å². The van der Waals surface area contributed by atoms with E-state index in [9.17, 15) is 4.39 Å². The normalized spacial score (nSPS) is 20.2. The van der Waals surface area contributed by atoms with Crippen molar-refractivity contribution in [3.05, 3.63) is 112 Å². The summed E-state index contributed by atoms with van der Waals surface area (Å²) in [5, 5.41) is 2.62. The zero-order chi connectivity index (χ0) is 23.7. The lowest BCUT2D eigenvalue weighted by atomic mass is 9.62. The van der Waals surface area contributed by atoms with Crippen LogP contribution in [0.1, 0.15) is 62.1 Å². The summed E-state index contributed by atoms with van der Waals surface area (Å²) in [7, 11) is 0. The molecule has 0 spiro atoms. The first-order valence-corrected chi connectivity index (χ1v) is 12.9. The summed E-state index contributed by atoms with van der Waals surface area (Å²) in [5.41, 5.74) is 7.43. The van der Waals surface area contributed by atoms with Gasteiger partial charge in [-0.05, 0) is 104 Å². The van der Waals surface area contributed by atoms with Gasteiger partial charge in [0.1, 0.15) is 12.4 Å². The van der Waals surface area contributed by atoms with Gasteiger partial charge in [0.15, 0.2) is 0 Å². The number of benzene rings is 3. The minimum Gasteiger partial charge on any atom is -0.497 e. The summed E-state index contributed by atoms with van der Waals surface area (Å²) in [5.74, 6) is 0.0599. The second-order valence-corrected chi connectivity index (χ2v) is 10.8. The number of rotatable bonds is 1. The van der Waals surface area contributed by atoms with Gasteiger partial charge in [-0.25, -0.2) is 4.39 Å². The van der Waals surface area contributed by atoms with Crippen molar-refractivity contribution in [1.29, 1.82) is 0 Å². The van der Waals surface area contributed by atoms with Crippen LogP contribution >= 0.6 is 15.9 Å². The Labute approximate surface area is 210 Å². The molecule has 1 heterocycles. The SMILES string of the molecule is C1=CCOC=C1.CC1(C)CCCC2=C1CC(c1ccc(F)c(Br)c1)c1c2ccc2ccccc12. The zero-order valence-electron chi connectivity index (χ0n) is 19.8. The van der Waals surface area contributed by atoms with Gasteiger partial charge < -0.3 is 4.74 Å². The molecule has 0 aromatic heterocycles. The Morgan fingerprint density at radius 2 is 1.88 bits per heavy atom. The van der Waals surface area contributed by atoms with Gasteiger partial charge in [-0.15, -0.1) is 0 Å². The Balaban J connectivity index is 0.000000351. The van der Waals surface area contributed by atoms with Gasteiger partial charge in [0.25, 0.3) is 0 Å². The fourth-order valence-corrected chi connectivity index (χ4v) is 6.11. The Hall–Kier alpha value is -2.65. The number of hydrogen-bond donors (Lipinski definition) is 0. The van der Waals surface area contributed by atoms with Crippen LogP contribution in [0.15, 0.2) is 89.1 Å². The molecule has 0 N–H and O–H groups in total. The quantitative estimate of drug-likeness (QED) is 0.313. The van der Waals surface area contributed by atoms with Crippen molar-refractivity contribution in [1.82, 2.24) is 0 Å². The maximum Gasteiger partial charge on any atom is 0.137 e. The highest BCUT2D eigenvalue weighted by Gasteiger charge is 2.37. The molecule has 0 amide bonds.